The third-order valence-electron chi connectivity index (χ3n) is 3.80. The minimum absolute atomic E-state index is 0. The normalized spacial score (nSPS) is 11.7. The lowest BCUT2D eigenvalue weighted by molar-refractivity contribution is 0.180. The first kappa shape index (κ1) is 23.0. The Hall–Kier alpha value is -1.02. The maximum Gasteiger partial charge on any atom is 0.131 e. The molecule has 0 aromatic carbocycles. The lowest BCUT2D eigenvalue weighted by atomic mass is 10.1. The molecule has 9 heteroatoms. The molecule has 0 radical (unpaired) electrons. The van der Waals surface area contributed by atoms with E-state index in [1.807, 2.05) is 18.2 Å². The Balaban J connectivity index is 0.00000169. The molecular weight excluding hydrogens is 417 g/mol. The number of nitrogens with one attached hydrogen (secondary N) is 1. The number of methoxy groups -OCH3 is 1. The average Bonchev–Trinajstić information content (AvgIpc) is 3.15. The quantitative estimate of drug-likeness (QED) is 0.517. The minimum atomic E-state index is -0.0308. The van der Waals surface area contributed by atoms with E-state index in [0.717, 1.165) is 33.6 Å². The summed E-state index contributed by atoms with van der Waals surface area (Å²) in [5.74, 6) is 0.867. The molecule has 0 aliphatic rings. The molecule has 3 heterocycles. The molecule has 144 valence electrons. The molecule has 0 saturated heterocycles. The van der Waals surface area contributed by atoms with Gasteiger partial charge in [-0.2, -0.15) is 0 Å². The number of pyridine rings is 1. The first-order valence-electron chi connectivity index (χ1n) is 7.67. The summed E-state index contributed by atoms with van der Waals surface area (Å²) < 4.78 is 11.6. The molecule has 26 heavy (non-hydrogen) atoms. The molecule has 0 spiro atoms. The van der Waals surface area contributed by atoms with Crippen LogP contribution in [0.5, 0.6) is 0 Å². The highest BCUT2D eigenvalue weighted by Crippen LogP contribution is 2.37. The summed E-state index contributed by atoms with van der Waals surface area (Å²) in [5.41, 5.74) is 9.12. The fourth-order valence-electron chi connectivity index (χ4n) is 2.62. The predicted molar refractivity (Wildman–Crippen MR) is 113 cm³/mol. The maximum atomic E-state index is 6.21. The summed E-state index contributed by atoms with van der Waals surface area (Å²) in [6.45, 7) is 3.19. The number of nitrogens with two attached hydrogens (primary N) is 1. The van der Waals surface area contributed by atoms with E-state index >= 15 is 0 Å². The van der Waals surface area contributed by atoms with Gasteiger partial charge in [-0.1, -0.05) is 11.6 Å². The van der Waals surface area contributed by atoms with Crippen molar-refractivity contribution in [2.24, 2.45) is 5.73 Å². The largest absolute Gasteiger partial charge is 0.467 e. The van der Waals surface area contributed by atoms with Crippen LogP contribution in [0.25, 0.3) is 10.2 Å². The molecule has 3 aromatic heterocycles. The summed E-state index contributed by atoms with van der Waals surface area (Å²) in [7, 11) is 1.66. The Morgan fingerprint density at radius 3 is 2.85 bits per heavy atom. The number of hydrogen-bond acceptors (Lipinski definition) is 6. The van der Waals surface area contributed by atoms with E-state index in [9.17, 15) is 0 Å². The predicted octanol–water partition coefficient (Wildman–Crippen LogP) is 4.82. The summed E-state index contributed by atoms with van der Waals surface area (Å²) in [5, 5.41) is 3.86. The second-order valence-corrected chi connectivity index (χ2v) is 7.17. The van der Waals surface area contributed by atoms with Crippen molar-refractivity contribution in [1.82, 2.24) is 4.98 Å². The van der Waals surface area contributed by atoms with Gasteiger partial charge in [0.05, 0.1) is 35.3 Å². The van der Waals surface area contributed by atoms with Gasteiger partial charge in [0.1, 0.15) is 10.9 Å². The summed E-state index contributed by atoms with van der Waals surface area (Å²) in [6, 6.07) is 5.62. The third-order valence-corrected chi connectivity index (χ3v) is 5.33. The number of aromatic nitrogens is 1. The van der Waals surface area contributed by atoms with Crippen LogP contribution >= 0.6 is 47.8 Å². The number of ether oxygens (including phenoxy) is 1. The van der Waals surface area contributed by atoms with Crippen LogP contribution in [0.1, 0.15) is 16.2 Å². The molecule has 3 rings (SSSR count). The number of thiophene rings is 1. The van der Waals surface area contributed by atoms with Crippen LogP contribution in [0, 0.1) is 6.92 Å². The molecule has 5 nitrogen and oxygen atoms in total. The molecule has 0 aliphatic carbocycles. The van der Waals surface area contributed by atoms with Gasteiger partial charge in [0.25, 0.3) is 0 Å². The minimum Gasteiger partial charge on any atom is -0.467 e. The lowest BCUT2D eigenvalue weighted by Gasteiger charge is -2.08. The van der Waals surface area contributed by atoms with Gasteiger partial charge in [-0.25, -0.2) is 4.98 Å². The fourth-order valence-corrected chi connectivity index (χ4v) is 4.15. The van der Waals surface area contributed by atoms with Gasteiger partial charge in [-0.3, -0.25) is 0 Å². The molecule has 3 N–H and O–H groups in total. The van der Waals surface area contributed by atoms with Gasteiger partial charge in [-0.15, -0.1) is 36.2 Å². The molecule has 1 atom stereocenters. The summed E-state index contributed by atoms with van der Waals surface area (Å²) in [4.78, 5) is 5.71. The van der Waals surface area contributed by atoms with E-state index < -0.39 is 0 Å². The van der Waals surface area contributed by atoms with E-state index in [2.05, 4.69) is 17.2 Å². The van der Waals surface area contributed by atoms with E-state index in [-0.39, 0.29) is 30.9 Å². The van der Waals surface area contributed by atoms with E-state index in [1.54, 1.807) is 24.7 Å². The van der Waals surface area contributed by atoms with Gasteiger partial charge in [0.2, 0.25) is 0 Å². The van der Waals surface area contributed by atoms with Crippen LogP contribution in [0.3, 0.4) is 0 Å². The average molecular weight is 439 g/mol. The van der Waals surface area contributed by atoms with Crippen molar-refractivity contribution in [2.75, 3.05) is 19.0 Å². The molecule has 3 aromatic rings. The van der Waals surface area contributed by atoms with Gasteiger partial charge in [-0.05, 0) is 31.0 Å². The van der Waals surface area contributed by atoms with Crippen LogP contribution in [0.4, 0.5) is 5.69 Å². The smallest absolute Gasteiger partial charge is 0.131 e. The van der Waals surface area contributed by atoms with Crippen LogP contribution < -0.4 is 11.1 Å². The molecule has 0 saturated carbocycles. The molecular formula is C17H22Cl3N3O2S. The van der Waals surface area contributed by atoms with E-state index in [1.165, 1.54) is 4.88 Å². The SMILES string of the molecule is COCC(N)Cc1sc2c(NCc3ccco3)cc(Cl)nc2c1C.Cl.Cl. The van der Waals surface area contributed by atoms with Crippen molar-refractivity contribution in [3.8, 4) is 0 Å². The Bertz CT molecular complexity index is 824. The first-order valence-corrected chi connectivity index (χ1v) is 8.87. The second-order valence-electron chi connectivity index (χ2n) is 5.67. The number of furan rings is 1. The molecule has 0 fully saturated rings. The molecule has 1 unspecified atom stereocenters. The topological polar surface area (TPSA) is 73.3 Å². The van der Waals surface area contributed by atoms with Crippen LogP contribution in [0.2, 0.25) is 5.15 Å². The zero-order chi connectivity index (χ0) is 17.1. The number of halogens is 3. The highest BCUT2D eigenvalue weighted by Gasteiger charge is 2.16. The van der Waals surface area contributed by atoms with Crippen molar-refractivity contribution < 1.29 is 9.15 Å². The van der Waals surface area contributed by atoms with Crippen LogP contribution in [0.15, 0.2) is 28.9 Å². The number of fused-ring (bicyclic) bond motifs is 1. The van der Waals surface area contributed by atoms with Crippen LogP contribution in [-0.2, 0) is 17.7 Å². The van der Waals surface area contributed by atoms with Crippen molar-refractivity contribution in [1.29, 1.82) is 0 Å². The number of anilines is 1. The van der Waals surface area contributed by atoms with Gasteiger partial charge in [0, 0.05) is 24.1 Å². The van der Waals surface area contributed by atoms with Crippen molar-refractivity contribution in [2.45, 2.75) is 25.9 Å². The highest BCUT2D eigenvalue weighted by atomic mass is 35.5. The zero-order valence-electron chi connectivity index (χ0n) is 14.5. The Labute approximate surface area is 174 Å². The Kier molecular flexibility index (Phi) is 9.16. The number of nitrogens with zero attached hydrogens (tertiary/aromatic N) is 1. The fraction of sp³-hybridized carbons (Fsp3) is 0.353. The standard InChI is InChI=1S/C17H20ClN3O2S.2ClH/c1-10-14(6-11(19)9-22-2)24-17-13(7-15(18)21-16(10)17)20-8-12-4-3-5-23-12;;/h3-5,7,11H,6,8-9,19H2,1-2H3,(H,20,21);2*1H. The molecule has 0 aliphatic heterocycles. The van der Waals surface area contributed by atoms with Crippen molar-refractivity contribution in [3.63, 3.8) is 0 Å². The summed E-state index contributed by atoms with van der Waals surface area (Å²) in [6.07, 6.45) is 2.42. The van der Waals surface area contributed by atoms with Gasteiger partial charge < -0.3 is 20.2 Å². The van der Waals surface area contributed by atoms with Crippen molar-refractivity contribution >= 4 is 63.7 Å². The van der Waals surface area contributed by atoms with Gasteiger partial charge in [0.15, 0.2) is 0 Å². The number of hydrogen-bond donors (Lipinski definition) is 2. The molecule has 0 amide bonds. The highest BCUT2D eigenvalue weighted by molar-refractivity contribution is 7.19. The summed E-state index contributed by atoms with van der Waals surface area (Å²) >= 11 is 7.91. The van der Waals surface area contributed by atoms with Gasteiger partial charge >= 0.3 is 0 Å². The molecule has 0 bridgehead atoms. The number of aryl methyl sites for hydroxylation is 1. The van der Waals surface area contributed by atoms with Crippen molar-refractivity contribution in [3.05, 3.63) is 45.8 Å². The maximum absolute atomic E-state index is 6.21. The van der Waals surface area contributed by atoms with E-state index in [4.69, 9.17) is 26.5 Å². The first-order chi connectivity index (χ1) is 11.6. The monoisotopic (exact) mass is 437 g/mol. The third kappa shape index (κ3) is 5.25. The number of rotatable bonds is 7. The second kappa shape index (κ2) is 10.3. The lowest BCUT2D eigenvalue weighted by Crippen LogP contribution is -2.27. The van der Waals surface area contributed by atoms with E-state index in [0.29, 0.717) is 18.3 Å². The van der Waals surface area contributed by atoms with Crippen LogP contribution in [-0.4, -0.2) is 24.7 Å². The Morgan fingerprint density at radius 2 is 2.19 bits per heavy atom. The zero-order valence-corrected chi connectivity index (χ0v) is 17.7. The Morgan fingerprint density at radius 1 is 1.42 bits per heavy atom.